The lowest BCUT2D eigenvalue weighted by atomic mass is 9.61. The van der Waals surface area contributed by atoms with Crippen LogP contribution in [0.25, 0.3) is 0 Å². The van der Waals surface area contributed by atoms with Crippen molar-refractivity contribution in [2.24, 2.45) is 5.41 Å². The van der Waals surface area contributed by atoms with E-state index in [1.165, 1.54) is 49.3 Å². The fourth-order valence-electron chi connectivity index (χ4n) is 3.45. The molecule has 0 amide bonds. The van der Waals surface area contributed by atoms with Crippen LogP contribution in [0.4, 0.5) is 0 Å². The van der Waals surface area contributed by atoms with Crippen LogP contribution >= 0.6 is 11.3 Å². The monoisotopic (exact) mass is 266 g/mol. The molecule has 3 nitrogen and oxygen atoms in total. The first-order valence-corrected chi connectivity index (χ1v) is 7.76. The Balaban J connectivity index is 1.56. The van der Waals surface area contributed by atoms with Gasteiger partial charge in [-0.05, 0) is 51.1 Å². The molecule has 100 valence electrons. The summed E-state index contributed by atoms with van der Waals surface area (Å²) >= 11 is 1.79. The van der Waals surface area contributed by atoms with Gasteiger partial charge < -0.3 is 4.74 Å². The molecule has 18 heavy (non-hydrogen) atoms. The molecule has 1 unspecified atom stereocenters. The number of rotatable bonds is 3. The summed E-state index contributed by atoms with van der Waals surface area (Å²) in [7, 11) is 1.87. The first-order chi connectivity index (χ1) is 8.73. The smallest absolute Gasteiger partial charge is 0.0798 e. The van der Waals surface area contributed by atoms with E-state index in [1.807, 2.05) is 12.6 Å². The number of aromatic nitrogens is 1. The van der Waals surface area contributed by atoms with Gasteiger partial charge in [-0.1, -0.05) is 0 Å². The molecule has 1 spiro atoms. The number of likely N-dealkylation sites (tertiary alicyclic amines) is 1. The Kier molecular flexibility index (Phi) is 3.43. The molecule has 2 heterocycles. The standard InChI is InChI=1S/C14H22N2OS/c1-11-12(18-10-15-11)9-16-7-5-14(6-8-16)4-3-13(14)17-2/h10,13H,3-9H2,1-2H3. The van der Waals surface area contributed by atoms with Crippen LogP contribution in [0, 0.1) is 12.3 Å². The van der Waals surface area contributed by atoms with E-state index in [9.17, 15) is 0 Å². The van der Waals surface area contributed by atoms with Crippen molar-refractivity contribution in [1.29, 1.82) is 0 Å². The maximum atomic E-state index is 5.61. The maximum Gasteiger partial charge on any atom is 0.0798 e. The van der Waals surface area contributed by atoms with Gasteiger partial charge in [0.2, 0.25) is 0 Å². The van der Waals surface area contributed by atoms with Crippen LogP contribution < -0.4 is 0 Å². The third kappa shape index (κ3) is 2.10. The van der Waals surface area contributed by atoms with E-state index in [2.05, 4.69) is 16.8 Å². The van der Waals surface area contributed by atoms with E-state index in [1.54, 1.807) is 11.3 Å². The Bertz CT molecular complexity index is 408. The van der Waals surface area contributed by atoms with Gasteiger partial charge in [0.25, 0.3) is 0 Å². The molecular weight excluding hydrogens is 244 g/mol. The van der Waals surface area contributed by atoms with Crippen LogP contribution in [0.5, 0.6) is 0 Å². The molecule has 1 atom stereocenters. The molecule has 1 aromatic rings. The first-order valence-electron chi connectivity index (χ1n) is 6.88. The molecule has 0 N–H and O–H groups in total. The lowest BCUT2D eigenvalue weighted by Crippen LogP contribution is -2.52. The Hall–Kier alpha value is -0.450. The van der Waals surface area contributed by atoms with Crippen molar-refractivity contribution < 1.29 is 4.74 Å². The number of piperidine rings is 1. The van der Waals surface area contributed by atoms with Crippen LogP contribution in [0.2, 0.25) is 0 Å². The van der Waals surface area contributed by atoms with E-state index < -0.39 is 0 Å². The van der Waals surface area contributed by atoms with Crippen molar-refractivity contribution in [3.8, 4) is 0 Å². The minimum Gasteiger partial charge on any atom is -0.381 e. The zero-order valence-electron chi connectivity index (χ0n) is 11.3. The molecule has 4 heteroatoms. The number of hydrogen-bond donors (Lipinski definition) is 0. The highest BCUT2D eigenvalue weighted by molar-refractivity contribution is 7.09. The zero-order valence-corrected chi connectivity index (χ0v) is 12.1. The number of thiazole rings is 1. The van der Waals surface area contributed by atoms with Crippen molar-refractivity contribution >= 4 is 11.3 Å². The molecular formula is C14H22N2OS. The molecule has 1 saturated carbocycles. The number of nitrogens with zero attached hydrogens (tertiary/aromatic N) is 2. The number of ether oxygens (including phenoxy) is 1. The maximum absolute atomic E-state index is 5.61. The summed E-state index contributed by atoms with van der Waals surface area (Å²) in [5, 5.41) is 0. The van der Waals surface area contributed by atoms with Gasteiger partial charge in [-0.15, -0.1) is 11.3 Å². The highest BCUT2D eigenvalue weighted by Gasteiger charge is 2.48. The first kappa shape index (κ1) is 12.6. The predicted octanol–water partition coefficient (Wildman–Crippen LogP) is 2.84. The summed E-state index contributed by atoms with van der Waals surface area (Å²) in [5.41, 5.74) is 3.69. The van der Waals surface area contributed by atoms with Gasteiger partial charge in [-0.25, -0.2) is 4.98 Å². The van der Waals surface area contributed by atoms with Gasteiger partial charge in [0.05, 0.1) is 17.3 Å². The minimum absolute atomic E-state index is 0.522. The Morgan fingerprint density at radius 1 is 1.44 bits per heavy atom. The van der Waals surface area contributed by atoms with Gasteiger partial charge in [-0.2, -0.15) is 0 Å². The van der Waals surface area contributed by atoms with Crippen molar-refractivity contribution in [2.75, 3.05) is 20.2 Å². The molecule has 1 aliphatic heterocycles. The molecule has 1 aromatic heterocycles. The molecule has 2 aliphatic rings. The lowest BCUT2D eigenvalue weighted by Gasteiger charge is -2.53. The summed E-state index contributed by atoms with van der Waals surface area (Å²) in [4.78, 5) is 8.35. The van der Waals surface area contributed by atoms with Crippen molar-refractivity contribution in [3.63, 3.8) is 0 Å². The van der Waals surface area contributed by atoms with Gasteiger partial charge in [-0.3, -0.25) is 4.90 Å². The number of aryl methyl sites for hydroxylation is 1. The van der Waals surface area contributed by atoms with Crippen LogP contribution in [0.15, 0.2) is 5.51 Å². The van der Waals surface area contributed by atoms with Gasteiger partial charge >= 0.3 is 0 Å². The SMILES string of the molecule is COC1CCC12CCN(Cc1scnc1C)CC2. The average molecular weight is 266 g/mol. The summed E-state index contributed by atoms with van der Waals surface area (Å²) in [5.74, 6) is 0. The van der Waals surface area contributed by atoms with Crippen molar-refractivity contribution in [3.05, 3.63) is 16.1 Å². The van der Waals surface area contributed by atoms with Gasteiger partial charge in [0.15, 0.2) is 0 Å². The van der Waals surface area contributed by atoms with E-state index in [0.717, 1.165) is 6.54 Å². The molecule has 3 rings (SSSR count). The highest BCUT2D eigenvalue weighted by atomic mass is 32.1. The van der Waals surface area contributed by atoms with Crippen LogP contribution in [0.3, 0.4) is 0 Å². The molecule has 0 aromatic carbocycles. The summed E-state index contributed by atoms with van der Waals surface area (Å²) < 4.78 is 5.61. The Morgan fingerprint density at radius 3 is 2.72 bits per heavy atom. The molecule has 1 saturated heterocycles. The minimum atomic E-state index is 0.522. The second kappa shape index (κ2) is 4.91. The molecule has 0 radical (unpaired) electrons. The van der Waals surface area contributed by atoms with Gasteiger partial charge in [0, 0.05) is 18.5 Å². The molecule has 1 aliphatic carbocycles. The highest BCUT2D eigenvalue weighted by Crippen LogP contribution is 2.50. The van der Waals surface area contributed by atoms with Crippen molar-refractivity contribution in [1.82, 2.24) is 9.88 Å². The number of hydrogen-bond acceptors (Lipinski definition) is 4. The Morgan fingerprint density at radius 2 is 2.22 bits per heavy atom. The summed E-state index contributed by atoms with van der Waals surface area (Å²) in [6.07, 6.45) is 5.79. The third-order valence-electron chi connectivity index (χ3n) is 4.94. The van der Waals surface area contributed by atoms with Crippen LogP contribution in [-0.4, -0.2) is 36.2 Å². The largest absolute Gasteiger partial charge is 0.381 e. The predicted molar refractivity (Wildman–Crippen MR) is 73.8 cm³/mol. The molecule has 0 bridgehead atoms. The third-order valence-corrected chi connectivity index (χ3v) is 5.86. The zero-order chi connectivity index (χ0) is 12.6. The lowest BCUT2D eigenvalue weighted by molar-refractivity contribution is -0.120. The fraction of sp³-hybridized carbons (Fsp3) is 0.786. The topological polar surface area (TPSA) is 25.4 Å². The van der Waals surface area contributed by atoms with E-state index in [0.29, 0.717) is 11.5 Å². The molecule has 2 fully saturated rings. The average Bonchev–Trinajstić information content (AvgIpc) is 2.75. The van der Waals surface area contributed by atoms with Crippen LogP contribution in [-0.2, 0) is 11.3 Å². The normalized spacial score (nSPS) is 27.3. The Labute approximate surface area is 113 Å². The van der Waals surface area contributed by atoms with E-state index in [4.69, 9.17) is 4.74 Å². The van der Waals surface area contributed by atoms with Gasteiger partial charge in [0.1, 0.15) is 0 Å². The van der Waals surface area contributed by atoms with Crippen molar-refractivity contribution in [2.45, 2.75) is 45.3 Å². The fourth-order valence-corrected chi connectivity index (χ4v) is 4.27. The second-order valence-corrected chi connectivity index (χ2v) is 6.70. The summed E-state index contributed by atoms with van der Waals surface area (Å²) in [6.45, 7) is 5.64. The van der Waals surface area contributed by atoms with Crippen LogP contribution in [0.1, 0.15) is 36.3 Å². The van der Waals surface area contributed by atoms with E-state index >= 15 is 0 Å². The number of methoxy groups -OCH3 is 1. The second-order valence-electron chi connectivity index (χ2n) is 5.76. The quantitative estimate of drug-likeness (QED) is 0.841. The van der Waals surface area contributed by atoms with E-state index in [-0.39, 0.29) is 0 Å². The summed E-state index contributed by atoms with van der Waals surface area (Å²) in [6, 6.07) is 0.